The monoisotopic (exact) mass is 274 g/mol. The molecule has 1 amide bonds. The number of hydrogen-bond acceptors (Lipinski definition) is 2. The molecule has 1 aliphatic heterocycles. The summed E-state index contributed by atoms with van der Waals surface area (Å²) < 4.78 is 0. The first kappa shape index (κ1) is 15.0. The summed E-state index contributed by atoms with van der Waals surface area (Å²) in [5.41, 5.74) is 9.92. The lowest BCUT2D eigenvalue weighted by Crippen LogP contribution is -2.38. The van der Waals surface area contributed by atoms with Crippen molar-refractivity contribution in [3.8, 4) is 0 Å². The number of benzene rings is 1. The number of likely N-dealkylation sites (tertiary alicyclic amines) is 1. The van der Waals surface area contributed by atoms with E-state index in [1.807, 2.05) is 4.90 Å². The molecule has 1 atom stereocenters. The third kappa shape index (κ3) is 4.07. The number of nitrogens with two attached hydrogens (primary N) is 1. The average Bonchev–Trinajstić information content (AvgIpc) is 2.37. The number of carbonyl (C=O) groups is 1. The van der Waals surface area contributed by atoms with Gasteiger partial charge in [0.05, 0.1) is 0 Å². The molecule has 2 rings (SSSR count). The molecule has 3 nitrogen and oxygen atoms in total. The fourth-order valence-corrected chi connectivity index (χ4v) is 2.98. The van der Waals surface area contributed by atoms with Gasteiger partial charge < -0.3 is 10.6 Å². The third-order valence-corrected chi connectivity index (χ3v) is 4.01. The van der Waals surface area contributed by atoms with Crippen LogP contribution in [0.5, 0.6) is 0 Å². The van der Waals surface area contributed by atoms with Crippen LogP contribution in [0.25, 0.3) is 0 Å². The van der Waals surface area contributed by atoms with Gasteiger partial charge in [0, 0.05) is 25.6 Å². The van der Waals surface area contributed by atoms with Crippen LogP contribution in [0.4, 0.5) is 0 Å². The maximum atomic E-state index is 12.1. The van der Waals surface area contributed by atoms with Gasteiger partial charge >= 0.3 is 0 Å². The molecule has 110 valence electrons. The first-order valence-electron chi connectivity index (χ1n) is 7.68. The van der Waals surface area contributed by atoms with E-state index in [0.29, 0.717) is 13.0 Å². The summed E-state index contributed by atoms with van der Waals surface area (Å²) in [6, 6.07) is 6.33. The Morgan fingerprint density at radius 3 is 2.45 bits per heavy atom. The highest BCUT2D eigenvalue weighted by molar-refractivity contribution is 5.76. The Balaban J connectivity index is 2.04. The highest BCUT2D eigenvalue weighted by Gasteiger charge is 2.19. The van der Waals surface area contributed by atoms with Crippen LogP contribution in [-0.4, -0.2) is 23.9 Å². The Kier molecular flexibility index (Phi) is 5.18. The van der Waals surface area contributed by atoms with E-state index in [4.69, 9.17) is 5.73 Å². The molecule has 0 saturated carbocycles. The van der Waals surface area contributed by atoms with Gasteiger partial charge in [-0.3, -0.25) is 4.79 Å². The predicted octanol–water partition coefficient (Wildman–Crippen LogP) is 3.10. The van der Waals surface area contributed by atoms with Crippen molar-refractivity contribution in [3.63, 3.8) is 0 Å². The highest BCUT2D eigenvalue weighted by Crippen LogP contribution is 2.18. The largest absolute Gasteiger partial charge is 0.341 e. The molecule has 1 aromatic carbocycles. The molecular formula is C17H26N2O. The molecule has 1 fully saturated rings. The van der Waals surface area contributed by atoms with Crippen LogP contribution in [0.3, 0.4) is 0 Å². The minimum absolute atomic E-state index is 0.0861. The van der Waals surface area contributed by atoms with Gasteiger partial charge in [0.25, 0.3) is 0 Å². The Morgan fingerprint density at radius 2 is 1.75 bits per heavy atom. The predicted molar refractivity (Wildman–Crippen MR) is 82.5 cm³/mol. The first-order chi connectivity index (χ1) is 9.56. The minimum Gasteiger partial charge on any atom is -0.341 e. The normalized spacial score (nSPS) is 18.6. The van der Waals surface area contributed by atoms with Crippen molar-refractivity contribution in [2.45, 2.75) is 52.0 Å². The molecule has 1 saturated heterocycles. The zero-order valence-corrected chi connectivity index (χ0v) is 12.7. The number of aryl methyl sites for hydroxylation is 2. The van der Waals surface area contributed by atoms with E-state index in [-0.39, 0.29) is 11.9 Å². The van der Waals surface area contributed by atoms with Crippen molar-refractivity contribution in [2.24, 2.45) is 5.73 Å². The lowest BCUT2D eigenvalue weighted by molar-refractivity contribution is -0.132. The Labute approximate surface area is 122 Å². The zero-order valence-electron chi connectivity index (χ0n) is 12.7. The van der Waals surface area contributed by atoms with E-state index in [2.05, 4.69) is 32.0 Å². The van der Waals surface area contributed by atoms with Gasteiger partial charge in [-0.2, -0.15) is 0 Å². The second kappa shape index (κ2) is 6.89. The number of amides is 1. The van der Waals surface area contributed by atoms with Crippen molar-refractivity contribution in [1.29, 1.82) is 0 Å². The lowest BCUT2D eigenvalue weighted by atomic mass is 10.0. The minimum atomic E-state index is -0.0861. The third-order valence-electron chi connectivity index (χ3n) is 4.01. The molecule has 1 unspecified atom stereocenters. The van der Waals surface area contributed by atoms with Crippen molar-refractivity contribution in [1.82, 2.24) is 4.90 Å². The van der Waals surface area contributed by atoms with Crippen molar-refractivity contribution < 1.29 is 4.79 Å². The number of rotatable bonds is 3. The maximum absolute atomic E-state index is 12.1. The second-order valence-corrected chi connectivity index (χ2v) is 6.03. The van der Waals surface area contributed by atoms with Crippen LogP contribution in [0.2, 0.25) is 0 Å². The van der Waals surface area contributed by atoms with Gasteiger partial charge in [-0.1, -0.05) is 42.2 Å². The maximum Gasteiger partial charge on any atom is 0.222 e. The highest BCUT2D eigenvalue weighted by atomic mass is 16.2. The number of nitrogens with zero attached hydrogens (tertiary/aromatic N) is 1. The summed E-state index contributed by atoms with van der Waals surface area (Å²) in [5.74, 6) is 0.268. The van der Waals surface area contributed by atoms with E-state index in [1.54, 1.807) is 0 Å². The van der Waals surface area contributed by atoms with E-state index in [1.165, 1.54) is 24.0 Å². The van der Waals surface area contributed by atoms with E-state index < -0.39 is 0 Å². The van der Waals surface area contributed by atoms with Crippen LogP contribution in [0.1, 0.15) is 54.8 Å². The summed E-state index contributed by atoms with van der Waals surface area (Å²) in [6.07, 6.45) is 5.21. The lowest BCUT2D eigenvalue weighted by Gasteiger charge is -2.28. The average molecular weight is 274 g/mol. The molecule has 0 radical (unpaired) electrons. The Morgan fingerprint density at radius 1 is 1.10 bits per heavy atom. The smallest absolute Gasteiger partial charge is 0.222 e. The van der Waals surface area contributed by atoms with Gasteiger partial charge in [0.2, 0.25) is 5.91 Å². The van der Waals surface area contributed by atoms with Crippen LogP contribution < -0.4 is 5.73 Å². The fourth-order valence-electron chi connectivity index (χ4n) is 2.98. The molecule has 0 aromatic heterocycles. The molecule has 0 aliphatic carbocycles. The summed E-state index contributed by atoms with van der Waals surface area (Å²) >= 11 is 0. The number of carbonyl (C=O) groups excluding carboxylic acids is 1. The second-order valence-electron chi connectivity index (χ2n) is 6.03. The summed E-state index contributed by atoms with van der Waals surface area (Å²) in [6.45, 7) is 5.67. The molecule has 20 heavy (non-hydrogen) atoms. The zero-order chi connectivity index (χ0) is 14.5. The molecular weight excluding hydrogens is 248 g/mol. The Hall–Kier alpha value is -1.35. The molecule has 1 aliphatic rings. The van der Waals surface area contributed by atoms with Gasteiger partial charge in [-0.15, -0.1) is 0 Å². The molecule has 0 spiro atoms. The van der Waals surface area contributed by atoms with Gasteiger partial charge in [0.15, 0.2) is 0 Å². The van der Waals surface area contributed by atoms with E-state index >= 15 is 0 Å². The first-order valence-corrected chi connectivity index (χ1v) is 7.68. The molecule has 0 bridgehead atoms. The van der Waals surface area contributed by atoms with E-state index in [0.717, 1.165) is 24.9 Å². The fraction of sp³-hybridized carbons (Fsp3) is 0.588. The van der Waals surface area contributed by atoms with Gasteiger partial charge in [-0.25, -0.2) is 0 Å². The molecule has 3 heteroatoms. The van der Waals surface area contributed by atoms with Gasteiger partial charge in [0.1, 0.15) is 0 Å². The van der Waals surface area contributed by atoms with Crippen LogP contribution in [0.15, 0.2) is 18.2 Å². The SMILES string of the molecule is Cc1cc(C)cc(C(N)CN2CCCCCCC2=O)c1. The topological polar surface area (TPSA) is 46.3 Å². The van der Waals surface area contributed by atoms with Crippen LogP contribution >= 0.6 is 0 Å². The van der Waals surface area contributed by atoms with Crippen molar-refractivity contribution in [3.05, 3.63) is 34.9 Å². The van der Waals surface area contributed by atoms with Crippen LogP contribution in [0, 0.1) is 13.8 Å². The quantitative estimate of drug-likeness (QED) is 0.920. The van der Waals surface area contributed by atoms with Crippen molar-refractivity contribution >= 4 is 5.91 Å². The standard InChI is InChI=1S/C17H26N2O/c1-13-9-14(2)11-15(10-13)16(18)12-19-8-6-4-3-5-7-17(19)20/h9-11,16H,3-8,12,18H2,1-2H3. The van der Waals surface area contributed by atoms with Crippen LogP contribution in [-0.2, 0) is 4.79 Å². The molecule has 2 N–H and O–H groups in total. The summed E-state index contributed by atoms with van der Waals surface area (Å²) in [5, 5.41) is 0. The summed E-state index contributed by atoms with van der Waals surface area (Å²) in [4.78, 5) is 14.1. The molecule has 1 aromatic rings. The number of hydrogen-bond donors (Lipinski definition) is 1. The molecule has 1 heterocycles. The Bertz CT molecular complexity index is 450. The van der Waals surface area contributed by atoms with Crippen molar-refractivity contribution in [2.75, 3.05) is 13.1 Å². The summed E-state index contributed by atoms with van der Waals surface area (Å²) in [7, 11) is 0. The van der Waals surface area contributed by atoms with Gasteiger partial charge in [-0.05, 0) is 32.3 Å². The van der Waals surface area contributed by atoms with E-state index in [9.17, 15) is 4.79 Å².